The quantitative estimate of drug-likeness (QED) is 0.559. The van der Waals surface area contributed by atoms with E-state index in [9.17, 15) is 4.39 Å². The Morgan fingerprint density at radius 2 is 2.27 bits per heavy atom. The maximum absolute atomic E-state index is 12.9. The van der Waals surface area contributed by atoms with Crippen molar-refractivity contribution in [2.45, 2.75) is 13.8 Å². The molecule has 0 radical (unpaired) electrons. The van der Waals surface area contributed by atoms with Gasteiger partial charge in [0.2, 0.25) is 0 Å². The minimum absolute atomic E-state index is 0.230. The Morgan fingerprint density at radius 3 is 2.82 bits per heavy atom. The molecule has 0 spiro atoms. The topological polar surface area (TPSA) is 3.24 Å². The van der Waals surface area contributed by atoms with Gasteiger partial charge in [0.1, 0.15) is 5.83 Å². The van der Waals surface area contributed by atoms with Crippen molar-refractivity contribution >= 4 is 0 Å². The summed E-state index contributed by atoms with van der Waals surface area (Å²) in [4.78, 5) is 1.80. The van der Waals surface area contributed by atoms with E-state index in [1.807, 2.05) is 20.0 Å². The fourth-order valence-electron chi connectivity index (χ4n) is 1.06. The van der Waals surface area contributed by atoms with Crippen LogP contribution in [0.2, 0.25) is 0 Å². The highest BCUT2D eigenvalue weighted by Gasteiger charge is 2.12. The molecule has 60 valence electrons. The third kappa shape index (κ3) is 1.50. The molecular weight excluding hydrogens is 141 g/mol. The zero-order valence-corrected chi connectivity index (χ0v) is 6.89. The van der Waals surface area contributed by atoms with Crippen molar-refractivity contribution < 1.29 is 4.39 Å². The molecule has 0 aromatic heterocycles. The molecule has 0 atom stereocenters. The molecular formula is C9H12FN. The minimum atomic E-state index is -0.230. The van der Waals surface area contributed by atoms with E-state index in [1.165, 1.54) is 6.08 Å². The highest BCUT2D eigenvalue weighted by molar-refractivity contribution is 5.35. The highest BCUT2D eigenvalue weighted by Crippen LogP contribution is 2.22. The minimum Gasteiger partial charge on any atom is -0.346 e. The van der Waals surface area contributed by atoms with Crippen molar-refractivity contribution in [3.05, 3.63) is 36.0 Å². The molecule has 1 aliphatic heterocycles. The average molecular weight is 153 g/mol. The van der Waals surface area contributed by atoms with Crippen LogP contribution in [0.25, 0.3) is 0 Å². The Morgan fingerprint density at radius 1 is 1.64 bits per heavy atom. The maximum Gasteiger partial charge on any atom is 0.146 e. The number of allylic oxidation sites excluding steroid dienone is 3. The maximum atomic E-state index is 12.9. The van der Waals surface area contributed by atoms with Gasteiger partial charge in [-0.05, 0) is 25.5 Å². The molecule has 0 amide bonds. The van der Waals surface area contributed by atoms with Crippen LogP contribution in [-0.2, 0) is 0 Å². The molecule has 0 saturated carbocycles. The Bertz CT molecular complexity index is 238. The van der Waals surface area contributed by atoms with Crippen molar-refractivity contribution in [1.29, 1.82) is 0 Å². The van der Waals surface area contributed by atoms with Gasteiger partial charge >= 0.3 is 0 Å². The molecule has 1 nitrogen and oxygen atoms in total. The van der Waals surface area contributed by atoms with E-state index in [4.69, 9.17) is 0 Å². The van der Waals surface area contributed by atoms with Crippen molar-refractivity contribution in [3.8, 4) is 0 Å². The van der Waals surface area contributed by atoms with Crippen LogP contribution >= 0.6 is 0 Å². The molecule has 0 fully saturated rings. The Balaban J connectivity index is 2.90. The monoisotopic (exact) mass is 153 g/mol. The first-order valence-corrected chi connectivity index (χ1v) is 3.66. The Hall–Kier alpha value is -1.05. The molecule has 0 saturated heterocycles. The molecule has 0 bridgehead atoms. The van der Waals surface area contributed by atoms with Crippen molar-refractivity contribution in [3.63, 3.8) is 0 Å². The highest BCUT2D eigenvalue weighted by atomic mass is 19.1. The lowest BCUT2D eigenvalue weighted by Gasteiger charge is -2.23. The number of rotatable bonds is 1. The van der Waals surface area contributed by atoms with Gasteiger partial charge in [0.25, 0.3) is 0 Å². The zero-order chi connectivity index (χ0) is 8.43. The van der Waals surface area contributed by atoms with E-state index in [0.29, 0.717) is 5.70 Å². The molecule has 1 aliphatic rings. The number of halogens is 1. The van der Waals surface area contributed by atoms with Crippen LogP contribution in [0.3, 0.4) is 0 Å². The van der Waals surface area contributed by atoms with E-state index in [-0.39, 0.29) is 5.83 Å². The van der Waals surface area contributed by atoms with Crippen LogP contribution < -0.4 is 0 Å². The summed E-state index contributed by atoms with van der Waals surface area (Å²) in [6, 6.07) is 0. The second kappa shape index (κ2) is 2.91. The number of nitrogens with zero attached hydrogens (tertiary/aromatic N) is 1. The number of hydrogen-bond acceptors (Lipinski definition) is 1. The lowest BCUT2D eigenvalue weighted by atomic mass is 10.2. The predicted molar refractivity (Wildman–Crippen MR) is 44.5 cm³/mol. The standard InChI is InChI=1S/C9H12FN/c1-4-11-6-7(2)5-9(10)8(11)3/h5-6H,3-4H2,1-2H3. The van der Waals surface area contributed by atoms with E-state index in [2.05, 4.69) is 6.58 Å². The average Bonchev–Trinajstić information content (AvgIpc) is 1.96. The lowest BCUT2D eigenvalue weighted by molar-refractivity contribution is 0.453. The van der Waals surface area contributed by atoms with Gasteiger partial charge in [-0.1, -0.05) is 6.58 Å². The van der Waals surface area contributed by atoms with Crippen molar-refractivity contribution in [2.75, 3.05) is 6.54 Å². The molecule has 0 unspecified atom stereocenters. The molecule has 0 aliphatic carbocycles. The third-order valence-electron chi connectivity index (χ3n) is 1.68. The normalized spacial score (nSPS) is 18.1. The molecule has 11 heavy (non-hydrogen) atoms. The van der Waals surface area contributed by atoms with Crippen molar-refractivity contribution in [2.24, 2.45) is 0 Å². The first kappa shape index (κ1) is 8.05. The molecule has 0 aromatic carbocycles. The molecule has 1 rings (SSSR count). The van der Waals surface area contributed by atoms with Gasteiger partial charge in [-0.3, -0.25) is 0 Å². The second-order valence-corrected chi connectivity index (χ2v) is 2.60. The van der Waals surface area contributed by atoms with E-state index >= 15 is 0 Å². The fourth-order valence-corrected chi connectivity index (χ4v) is 1.06. The lowest BCUT2D eigenvalue weighted by Crippen LogP contribution is -2.18. The molecule has 0 N–H and O–H groups in total. The summed E-state index contributed by atoms with van der Waals surface area (Å²) in [5.41, 5.74) is 1.38. The summed E-state index contributed by atoms with van der Waals surface area (Å²) in [7, 11) is 0. The van der Waals surface area contributed by atoms with Gasteiger partial charge in [0, 0.05) is 12.7 Å². The van der Waals surface area contributed by atoms with Crippen LogP contribution in [0, 0.1) is 0 Å². The van der Waals surface area contributed by atoms with Gasteiger partial charge in [-0.25, -0.2) is 4.39 Å². The van der Waals surface area contributed by atoms with Crippen molar-refractivity contribution in [1.82, 2.24) is 4.90 Å². The summed E-state index contributed by atoms with van der Waals surface area (Å²) in [5, 5.41) is 0. The molecule has 2 heteroatoms. The molecule has 1 heterocycles. The smallest absolute Gasteiger partial charge is 0.146 e. The summed E-state index contributed by atoms with van der Waals surface area (Å²) in [6.45, 7) is 8.22. The second-order valence-electron chi connectivity index (χ2n) is 2.60. The van der Waals surface area contributed by atoms with Gasteiger partial charge in [-0.15, -0.1) is 0 Å². The first-order chi connectivity index (χ1) is 5.15. The summed E-state index contributed by atoms with van der Waals surface area (Å²) >= 11 is 0. The summed E-state index contributed by atoms with van der Waals surface area (Å²) in [6.07, 6.45) is 3.39. The predicted octanol–water partition coefficient (Wildman–Crippen LogP) is 2.59. The van der Waals surface area contributed by atoms with E-state index < -0.39 is 0 Å². The summed E-state index contributed by atoms with van der Waals surface area (Å²) in [5.74, 6) is -0.230. The van der Waals surface area contributed by atoms with Crippen LogP contribution in [0.15, 0.2) is 36.0 Å². The zero-order valence-electron chi connectivity index (χ0n) is 6.89. The Labute approximate surface area is 66.5 Å². The largest absolute Gasteiger partial charge is 0.346 e. The fraction of sp³-hybridized carbons (Fsp3) is 0.333. The number of likely N-dealkylation sites (N-methyl/N-ethyl adjacent to an activating group) is 1. The van der Waals surface area contributed by atoms with Gasteiger partial charge in [-0.2, -0.15) is 0 Å². The van der Waals surface area contributed by atoms with Gasteiger partial charge in [0.15, 0.2) is 0 Å². The van der Waals surface area contributed by atoms with Gasteiger partial charge < -0.3 is 4.90 Å². The molecule has 0 aromatic rings. The van der Waals surface area contributed by atoms with Crippen LogP contribution in [0.1, 0.15) is 13.8 Å². The van der Waals surface area contributed by atoms with E-state index in [0.717, 1.165) is 12.1 Å². The van der Waals surface area contributed by atoms with Gasteiger partial charge in [0.05, 0.1) is 5.70 Å². The van der Waals surface area contributed by atoms with Crippen LogP contribution in [-0.4, -0.2) is 11.4 Å². The third-order valence-corrected chi connectivity index (χ3v) is 1.68. The number of hydrogen-bond donors (Lipinski definition) is 0. The Kier molecular flexibility index (Phi) is 2.13. The van der Waals surface area contributed by atoms with E-state index in [1.54, 1.807) is 4.90 Å². The van der Waals surface area contributed by atoms with Crippen LogP contribution in [0.4, 0.5) is 4.39 Å². The van der Waals surface area contributed by atoms with Crippen LogP contribution in [0.5, 0.6) is 0 Å². The first-order valence-electron chi connectivity index (χ1n) is 3.66. The SMILES string of the molecule is C=C1C(F)=CC(C)=CN1CC. The summed E-state index contributed by atoms with van der Waals surface area (Å²) < 4.78 is 12.9.